The number of rotatable bonds is 7. The number of hydrogen-bond donors (Lipinski definition) is 1. The lowest BCUT2D eigenvalue weighted by atomic mass is 10.2. The molecule has 1 amide bonds. The fraction of sp³-hybridized carbons (Fsp3) is 0.300. The van der Waals surface area contributed by atoms with Crippen LogP contribution in [0.3, 0.4) is 0 Å². The Hall–Kier alpha value is -3.62. The first kappa shape index (κ1) is 20.1. The number of nitrogens with one attached hydrogen (secondary N) is 1. The van der Waals surface area contributed by atoms with Crippen molar-refractivity contribution in [3.8, 4) is 11.5 Å². The van der Waals surface area contributed by atoms with Gasteiger partial charge in [-0.2, -0.15) is 0 Å². The summed E-state index contributed by atoms with van der Waals surface area (Å²) in [6.07, 6.45) is -1.03. The van der Waals surface area contributed by atoms with E-state index < -0.39 is 18.0 Å². The maximum absolute atomic E-state index is 12.5. The molecule has 9 heteroatoms. The SMILES string of the molecule is CCn1nnc2cc(C(=O)OC(C)C(=O)Nc3cc(OC)ccc3OC)ccc21. The van der Waals surface area contributed by atoms with Gasteiger partial charge in [0.15, 0.2) is 6.10 Å². The van der Waals surface area contributed by atoms with Crippen LogP contribution < -0.4 is 14.8 Å². The number of nitrogens with zero attached hydrogens (tertiary/aromatic N) is 3. The number of ether oxygens (including phenoxy) is 3. The van der Waals surface area contributed by atoms with Crippen molar-refractivity contribution in [1.29, 1.82) is 0 Å². The van der Waals surface area contributed by atoms with E-state index in [0.29, 0.717) is 34.8 Å². The second-order valence-corrected chi connectivity index (χ2v) is 6.21. The standard InChI is InChI=1S/C20H22N4O5/c1-5-24-17-8-6-13(10-15(17)22-23-24)20(26)29-12(2)19(25)21-16-11-14(27-3)7-9-18(16)28-4/h6-12H,5H2,1-4H3,(H,21,25). The van der Waals surface area contributed by atoms with Crippen LogP contribution in [0.25, 0.3) is 11.0 Å². The second kappa shape index (κ2) is 8.59. The Kier molecular flexibility index (Phi) is 5.96. The van der Waals surface area contributed by atoms with Crippen LogP contribution in [0.4, 0.5) is 5.69 Å². The zero-order valence-electron chi connectivity index (χ0n) is 16.6. The van der Waals surface area contributed by atoms with E-state index in [-0.39, 0.29) is 0 Å². The van der Waals surface area contributed by atoms with Gasteiger partial charge in [0.1, 0.15) is 17.0 Å². The normalized spacial score (nSPS) is 11.7. The number of esters is 1. The number of carbonyl (C=O) groups excluding carboxylic acids is 2. The van der Waals surface area contributed by atoms with E-state index in [0.717, 1.165) is 5.52 Å². The summed E-state index contributed by atoms with van der Waals surface area (Å²) in [5.41, 5.74) is 2.11. The van der Waals surface area contributed by atoms with Gasteiger partial charge in [0.05, 0.1) is 31.0 Å². The van der Waals surface area contributed by atoms with Gasteiger partial charge in [0.25, 0.3) is 5.91 Å². The summed E-state index contributed by atoms with van der Waals surface area (Å²) in [6, 6.07) is 9.96. The average molecular weight is 398 g/mol. The molecule has 0 radical (unpaired) electrons. The lowest BCUT2D eigenvalue weighted by Gasteiger charge is -2.16. The van der Waals surface area contributed by atoms with Crippen LogP contribution in [0, 0.1) is 0 Å². The summed E-state index contributed by atoms with van der Waals surface area (Å²) in [6.45, 7) is 4.12. The summed E-state index contributed by atoms with van der Waals surface area (Å²) in [5, 5.41) is 10.7. The van der Waals surface area contributed by atoms with Crippen LogP contribution in [-0.4, -0.2) is 47.2 Å². The van der Waals surface area contributed by atoms with E-state index in [2.05, 4.69) is 15.6 Å². The quantitative estimate of drug-likeness (QED) is 0.610. The average Bonchev–Trinajstić information content (AvgIpc) is 3.15. The topological polar surface area (TPSA) is 105 Å². The minimum absolute atomic E-state index is 0.291. The first-order valence-electron chi connectivity index (χ1n) is 9.04. The van der Waals surface area contributed by atoms with Crippen LogP contribution in [0.5, 0.6) is 11.5 Å². The van der Waals surface area contributed by atoms with Gasteiger partial charge in [-0.15, -0.1) is 5.10 Å². The monoisotopic (exact) mass is 398 g/mol. The smallest absolute Gasteiger partial charge is 0.338 e. The van der Waals surface area contributed by atoms with Crippen molar-refractivity contribution in [2.75, 3.05) is 19.5 Å². The van der Waals surface area contributed by atoms with Crippen molar-refractivity contribution >= 4 is 28.6 Å². The van der Waals surface area contributed by atoms with Gasteiger partial charge in [0, 0.05) is 12.6 Å². The van der Waals surface area contributed by atoms with Crippen molar-refractivity contribution in [3.63, 3.8) is 0 Å². The first-order valence-corrected chi connectivity index (χ1v) is 9.04. The molecule has 9 nitrogen and oxygen atoms in total. The number of aromatic nitrogens is 3. The molecule has 1 heterocycles. The number of methoxy groups -OCH3 is 2. The Morgan fingerprint density at radius 1 is 1.14 bits per heavy atom. The number of hydrogen-bond acceptors (Lipinski definition) is 7. The minimum atomic E-state index is -1.03. The molecule has 1 atom stereocenters. The molecule has 0 aliphatic carbocycles. The second-order valence-electron chi connectivity index (χ2n) is 6.21. The molecule has 0 spiro atoms. The Bertz CT molecular complexity index is 1050. The maximum atomic E-state index is 12.5. The highest BCUT2D eigenvalue weighted by Crippen LogP contribution is 2.29. The molecule has 1 aromatic heterocycles. The minimum Gasteiger partial charge on any atom is -0.497 e. The molecule has 3 rings (SSSR count). The molecule has 3 aromatic rings. The summed E-state index contributed by atoms with van der Waals surface area (Å²) in [7, 11) is 3.01. The van der Waals surface area contributed by atoms with Crippen LogP contribution in [0.1, 0.15) is 24.2 Å². The Morgan fingerprint density at radius 3 is 2.62 bits per heavy atom. The third-order valence-corrected chi connectivity index (χ3v) is 4.37. The molecule has 0 bridgehead atoms. The molecule has 0 aliphatic heterocycles. The van der Waals surface area contributed by atoms with Gasteiger partial charge in [0.2, 0.25) is 0 Å². The van der Waals surface area contributed by atoms with Gasteiger partial charge in [-0.1, -0.05) is 5.21 Å². The molecule has 0 aliphatic rings. The molecular weight excluding hydrogens is 376 g/mol. The summed E-state index contributed by atoms with van der Waals surface area (Å²) >= 11 is 0. The molecule has 0 saturated heterocycles. The maximum Gasteiger partial charge on any atom is 0.338 e. The third-order valence-electron chi connectivity index (χ3n) is 4.37. The molecule has 1 unspecified atom stereocenters. The lowest BCUT2D eigenvalue weighted by molar-refractivity contribution is -0.123. The predicted molar refractivity (Wildman–Crippen MR) is 106 cm³/mol. The number of aryl methyl sites for hydroxylation is 1. The van der Waals surface area contributed by atoms with Crippen molar-refractivity contribution in [1.82, 2.24) is 15.0 Å². The highest BCUT2D eigenvalue weighted by Gasteiger charge is 2.21. The number of benzene rings is 2. The van der Waals surface area contributed by atoms with Crippen LogP contribution in [-0.2, 0) is 16.1 Å². The van der Waals surface area contributed by atoms with E-state index in [9.17, 15) is 9.59 Å². The summed E-state index contributed by atoms with van der Waals surface area (Å²) < 4.78 is 17.4. The fourth-order valence-electron chi connectivity index (χ4n) is 2.76. The fourth-order valence-corrected chi connectivity index (χ4v) is 2.76. The van der Waals surface area contributed by atoms with E-state index in [4.69, 9.17) is 14.2 Å². The van der Waals surface area contributed by atoms with Crippen molar-refractivity contribution in [2.24, 2.45) is 0 Å². The van der Waals surface area contributed by atoms with Crippen LogP contribution in [0.15, 0.2) is 36.4 Å². The molecule has 1 N–H and O–H groups in total. The first-order chi connectivity index (χ1) is 14.0. The van der Waals surface area contributed by atoms with Gasteiger partial charge in [-0.05, 0) is 44.2 Å². The van der Waals surface area contributed by atoms with Crippen LogP contribution in [0.2, 0.25) is 0 Å². The number of anilines is 1. The molecular formula is C20H22N4O5. The molecule has 0 saturated carbocycles. The Balaban J connectivity index is 1.70. The van der Waals surface area contributed by atoms with Crippen LogP contribution >= 0.6 is 0 Å². The molecule has 29 heavy (non-hydrogen) atoms. The van der Waals surface area contributed by atoms with E-state index in [1.807, 2.05) is 6.92 Å². The highest BCUT2D eigenvalue weighted by molar-refractivity contribution is 5.99. The van der Waals surface area contributed by atoms with Gasteiger partial charge in [-0.3, -0.25) is 4.79 Å². The molecule has 2 aromatic carbocycles. The van der Waals surface area contributed by atoms with Gasteiger partial charge >= 0.3 is 5.97 Å². The molecule has 152 valence electrons. The molecule has 0 fully saturated rings. The number of fused-ring (bicyclic) bond motifs is 1. The van der Waals surface area contributed by atoms with Gasteiger partial charge in [-0.25, -0.2) is 9.48 Å². The Morgan fingerprint density at radius 2 is 1.93 bits per heavy atom. The zero-order valence-corrected chi connectivity index (χ0v) is 16.6. The van der Waals surface area contributed by atoms with Crippen molar-refractivity contribution < 1.29 is 23.8 Å². The van der Waals surface area contributed by atoms with E-state index in [1.54, 1.807) is 41.1 Å². The number of amides is 1. The van der Waals surface area contributed by atoms with Crippen molar-refractivity contribution in [2.45, 2.75) is 26.5 Å². The lowest BCUT2D eigenvalue weighted by Crippen LogP contribution is -2.30. The third kappa shape index (κ3) is 4.29. The zero-order chi connectivity index (χ0) is 21.0. The number of carbonyl (C=O) groups is 2. The predicted octanol–water partition coefficient (Wildman–Crippen LogP) is 2.65. The summed E-state index contributed by atoms with van der Waals surface area (Å²) in [5.74, 6) is -0.109. The van der Waals surface area contributed by atoms with E-state index in [1.165, 1.54) is 21.1 Å². The summed E-state index contributed by atoms with van der Waals surface area (Å²) in [4.78, 5) is 24.9. The largest absolute Gasteiger partial charge is 0.497 e. The van der Waals surface area contributed by atoms with Gasteiger partial charge < -0.3 is 19.5 Å². The Labute approximate surface area is 167 Å². The van der Waals surface area contributed by atoms with Crippen molar-refractivity contribution in [3.05, 3.63) is 42.0 Å². The van der Waals surface area contributed by atoms with E-state index >= 15 is 0 Å². The highest BCUT2D eigenvalue weighted by atomic mass is 16.5.